The maximum atomic E-state index is 11.9. The third-order valence-corrected chi connectivity index (χ3v) is 12.2. The predicted octanol–water partition coefficient (Wildman–Crippen LogP) is 5.76. The highest BCUT2D eigenvalue weighted by atomic mass is 16.4. The summed E-state index contributed by atoms with van der Waals surface area (Å²) in [5.74, 6) is 2.52. The van der Waals surface area contributed by atoms with Gasteiger partial charge in [0.05, 0.1) is 12.2 Å². The van der Waals surface area contributed by atoms with E-state index in [0.29, 0.717) is 47.8 Å². The second-order valence-electron chi connectivity index (χ2n) is 13.7. The van der Waals surface area contributed by atoms with Crippen molar-refractivity contribution in [3.05, 3.63) is 23.8 Å². The number of aliphatic hydroxyl groups is 2. The zero-order valence-electron chi connectivity index (χ0n) is 23.3. The van der Waals surface area contributed by atoms with E-state index in [9.17, 15) is 20.1 Å². The Morgan fingerprint density at radius 1 is 1.08 bits per heavy atom. The van der Waals surface area contributed by atoms with Crippen LogP contribution in [0.1, 0.15) is 108 Å². The lowest BCUT2D eigenvalue weighted by molar-refractivity contribution is -0.203. The Hall–Kier alpha value is -1.53. The maximum Gasteiger partial charge on any atom is 0.354 e. The lowest BCUT2D eigenvalue weighted by Crippen LogP contribution is -2.62. The first kappa shape index (κ1) is 27.1. The first-order chi connectivity index (χ1) is 17.6. The number of fused-ring (bicyclic) bond motifs is 5. The van der Waals surface area contributed by atoms with Gasteiger partial charge in [-0.25, -0.2) is 14.8 Å². The molecule has 5 rings (SSSR count). The number of hydrogen-bond donors (Lipinski definition) is 3. The molecule has 0 spiro atoms. The van der Waals surface area contributed by atoms with Crippen LogP contribution in [0.2, 0.25) is 0 Å². The van der Waals surface area contributed by atoms with Crippen LogP contribution in [0, 0.1) is 52.3 Å². The molecule has 0 radical (unpaired) electrons. The summed E-state index contributed by atoms with van der Waals surface area (Å²) in [6.07, 6.45) is 14.1. The van der Waals surface area contributed by atoms with Crippen molar-refractivity contribution in [2.45, 2.75) is 111 Å². The first-order valence-corrected chi connectivity index (χ1v) is 15.0. The second-order valence-corrected chi connectivity index (χ2v) is 13.7. The smallest absolute Gasteiger partial charge is 0.354 e. The molecule has 6 heteroatoms. The van der Waals surface area contributed by atoms with Crippen molar-refractivity contribution in [2.24, 2.45) is 52.3 Å². The van der Waals surface area contributed by atoms with Crippen molar-refractivity contribution in [1.82, 2.24) is 9.97 Å². The minimum atomic E-state index is -0.979. The Bertz CT molecular complexity index is 986. The van der Waals surface area contributed by atoms with Gasteiger partial charge in [-0.3, -0.25) is 0 Å². The Balaban J connectivity index is 1.30. The van der Waals surface area contributed by atoms with Gasteiger partial charge in [-0.2, -0.15) is 0 Å². The van der Waals surface area contributed by atoms with Crippen LogP contribution in [-0.2, 0) is 6.42 Å². The first-order valence-electron chi connectivity index (χ1n) is 15.0. The van der Waals surface area contributed by atoms with E-state index in [1.54, 1.807) is 6.20 Å². The number of hydrogen-bond acceptors (Lipinski definition) is 5. The van der Waals surface area contributed by atoms with Crippen molar-refractivity contribution < 1.29 is 20.1 Å². The van der Waals surface area contributed by atoms with E-state index in [1.807, 2.05) is 0 Å². The summed E-state index contributed by atoms with van der Waals surface area (Å²) < 4.78 is 0. The zero-order valence-corrected chi connectivity index (χ0v) is 23.3. The Morgan fingerprint density at radius 2 is 1.81 bits per heavy atom. The van der Waals surface area contributed by atoms with Gasteiger partial charge in [0.2, 0.25) is 0 Å². The molecule has 1 aromatic heterocycles. The minimum absolute atomic E-state index is 0.132. The topological polar surface area (TPSA) is 104 Å². The Kier molecular flexibility index (Phi) is 7.47. The fraction of sp³-hybridized carbons (Fsp3) is 0.839. The van der Waals surface area contributed by atoms with Gasteiger partial charge in [-0.1, -0.05) is 40.5 Å². The number of aliphatic hydroxyl groups excluding tert-OH is 2. The highest BCUT2D eigenvalue weighted by Gasteiger charge is 2.64. The predicted molar refractivity (Wildman–Crippen MR) is 143 cm³/mol. The van der Waals surface area contributed by atoms with Gasteiger partial charge < -0.3 is 15.3 Å². The monoisotopic (exact) mass is 512 g/mol. The normalized spacial score (nSPS) is 43.9. The molecular formula is C31H48N2O4. The number of carboxylic acids is 1. The quantitative estimate of drug-likeness (QED) is 0.429. The summed E-state index contributed by atoms with van der Waals surface area (Å²) in [6.45, 7) is 9.68. The number of aromatic carboxylic acids is 1. The second kappa shape index (κ2) is 10.2. The summed E-state index contributed by atoms with van der Waals surface area (Å²) in [5.41, 5.74) is 1.37. The van der Waals surface area contributed by atoms with Gasteiger partial charge in [0.25, 0.3) is 0 Å². The highest BCUT2D eigenvalue weighted by molar-refractivity contribution is 5.86. The molecule has 3 N–H and O–H groups in total. The fourth-order valence-corrected chi connectivity index (χ4v) is 10.5. The molecule has 4 aliphatic carbocycles. The van der Waals surface area contributed by atoms with Gasteiger partial charge in [-0.05, 0) is 110 Å². The molecule has 0 saturated heterocycles. The van der Waals surface area contributed by atoms with E-state index in [4.69, 9.17) is 0 Å². The molecule has 0 aliphatic heterocycles. The van der Waals surface area contributed by atoms with Gasteiger partial charge >= 0.3 is 5.97 Å². The molecule has 0 aromatic carbocycles. The number of nitrogens with zero attached hydrogens (tertiary/aromatic N) is 2. The summed E-state index contributed by atoms with van der Waals surface area (Å²) in [4.78, 5) is 19.5. The highest BCUT2D eigenvalue weighted by Crippen LogP contribution is 2.69. The van der Waals surface area contributed by atoms with E-state index in [2.05, 4.69) is 37.7 Å². The molecule has 1 aromatic rings. The molecule has 4 fully saturated rings. The number of carboxylic acid groups (broad SMARTS) is 1. The molecule has 6 unspecified atom stereocenters. The van der Waals surface area contributed by atoms with Gasteiger partial charge in [0.15, 0.2) is 5.69 Å². The molecule has 0 bridgehead atoms. The van der Waals surface area contributed by atoms with E-state index >= 15 is 0 Å². The Morgan fingerprint density at radius 3 is 2.54 bits per heavy atom. The average molecular weight is 513 g/mol. The molecule has 37 heavy (non-hydrogen) atoms. The van der Waals surface area contributed by atoms with Crippen LogP contribution in [-0.4, -0.2) is 43.5 Å². The maximum absolute atomic E-state index is 11.9. The number of rotatable bonds is 7. The lowest BCUT2D eigenvalue weighted by Gasteiger charge is -2.64. The third kappa shape index (κ3) is 4.44. The lowest BCUT2D eigenvalue weighted by atomic mass is 9.41. The summed E-state index contributed by atoms with van der Waals surface area (Å²) >= 11 is 0. The minimum Gasteiger partial charge on any atom is -0.477 e. The fourth-order valence-electron chi connectivity index (χ4n) is 10.5. The summed E-state index contributed by atoms with van der Waals surface area (Å²) in [7, 11) is 0. The number of aromatic nitrogens is 2. The molecular weight excluding hydrogens is 464 g/mol. The van der Waals surface area contributed by atoms with Gasteiger partial charge in [0, 0.05) is 11.8 Å². The third-order valence-electron chi connectivity index (χ3n) is 12.2. The Labute approximate surface area is 222 Å². The van der Waals surface area contributed by atoms with E-state index in [-0.39, 0.29) is 28.7 Å². The van der Waals surface area contributed by atoms with Crippen LogP contribution in [0.15, 0.2) is 12.5 Å². The van der Waals surface area contributed by atoms with Crippen molar-refractivity contribution >= 4 is 5.97 Å². The van der Waals surface area contributed by atoms with Crippen LogP contribution >= 0.6 is 0 Å². The van der Waals surface area contributed by atoms with Crippen molar-refractivity contribution in [2.75, 3.05) is 0 Å². The molecule has 4 saturated carbocycles. The van der Waals surface area contributed by atoms with Crippen LogP contribution in [0.25, 0.3) is 0 Å². The molecule has 11 atom stereocenters. The van der Waals surface area contributed by atoms with Crippen LogP contribution in [0.4, 0.5) is 0 Å². The van der Waals surface area contributed by atoms with E-state index < -0.39 is 5.97 Å². The van der Waals surface area contributed by atoms with Gasteiger partial charge in [-0.15, -0.1) is 0 Å². The van der Waals surface area contributed by atoms with Crippen LogP contribution in [0.3, 0.4) is 0 Å². The van der Waals surface area contributed by atoms with Crippen molar-refractivity contribution in [3.8, 4) is 0 Å². The molecule has 4 aliphatic rings. The molecule has 1 heterocycles. The summed E-state index contributed by atoms with van der Waals surface area (Å²) in [6, 6.07) is 0. The average Bonchev–Trinajstić information content (AvgIpc) is 3.22. The SMILES string of the molecule is CC[C@@H]1C2C[C@H](O)CCC2(C)C2CC[C@@]3(C)C(CCC3[C@H](C)CCCc3cncnc3C(=O)O)C2[C@@H]1O. The molecule has 206 valence electrons. The zero-order chi connectivity index (χ0) is 26.5. The standard InChI is InChI=1S/C31H48N2O4/c1-5-21-25-15-20(34)11-13-31(25,4)24-12-14-30(3)22(9-10-23(30)26(24)28(21)35)18(2)7-6-8-19-16-32-17-33-27(19)29(36)37/h16-18,20-26,28,34-35H,5-15H2,1-4H3,(H,36,37)/t18-,20-,21-,22?,23?,24?,25?,26?,28-,30-,31?/m1/s1. The van der Waals surface area contributed by atoms with E-state index in [1.165, 1.54) is 32.0 Å². The molecule has 0 amide bonds. The summed E-state index contributed by atoms with van der Waals surface area (Å²) in [5, 5.41) is 31.8. The van der Waals surface area contributed by atoms with Crippen molar-refractivity contribution in [1.29, 1.82) is 0 Å². The van der Waals surface area contributed by atoms with Crippen molar-refractivity contribution in [3.63, 3.8) is 0 Å². The van der Waals surface area contributed by atoms with Gasteiger partial charge in [0.1, 0.15) is 6.33 Å². The van der Waals surface area contributed by atoms with E-state index in [0.717, 1.165) is 44.1 Å². The van der Waals surface area contributed by atoms with Crippen LogP contribution in [0.5, 0.6) is 0 Å². The largest absolute Gasteiger partial charge is 0.477 e. The number of carbonyl (C=O) groups is 1. The number of aryl methyl sites for hydroxylation is 1. The molecule has 6 nitrogen and oxygen atoms in total. The van der Waals surface area contributed by atoms with Crippen LogP contribution < -0.4 is 0 Å².